The van der Waals surface area contributed by atoms with Crippen LogP contribution in [0.3, 0.4) is 0 Å². The Morgan fingerprint density at radius 3 is 2.76 bits per heavy atom. The fraction of sp³-hybridized carbons (Fsp3) is 0.300. The van der Waals surface area contributed by atoms with E-state index in [1.54, 1.807) is 0 Å². The molecule has 5 heteroatoms. The molecule has 1 fully saturated rings. The van der Waals surface area contributed by atoms with Gasteiger partial charge >= 0.3 is 0 Å². The van der Waals surface area contributed by atoms with Crippen molar-refractivity contribution in [1.29, 1.82) is 0 Å². The summed E-state index contributed by atoms with van der Waals surface area (Å²) in [6.07, 6.45) is 5.96. The Morgan fingerprint density at radius 1 is 1.12 bits per heavy atom. The zero-order valence-corrected chi connectivity index (χ0v) is 15.8. The van der Waals surface area contributed by atoms with Crippen LogP contribution in [0.2, 0.25) is 0 Å². The standard InChI is InChI=1S/C20H21BrN4/c1-14-3-2-4-17(11-14)24-16-6-9-25(10-7-16)19-5-8-22-18-12-15(21)13-23-20(18)19/h2-5,8,11-13,16,24H,6-7,9-10H2,1H3. The third kappa shape index (κ3) is 3.61. The lowest BCUT2D eigenvalue weighted by Gasteiger charge is -2.34. The van der Waals surface area contributed by atoms with E-state index >= 15 is 0 Å². The van der Waals surface area contributed by atoms with Crippen LogP contribution in [-0.4, -0.2) is 29.1 Å². The largest absolute Gasteiger partial charge is 0.382 e. The maximum absolute atomic E-state index is 4.59. The van der Waals surface area contributed by atoms with E-state index in [2.05, 4.69) is 73.4 Å². The Hall–Kier alpha value is -2.14. The van der Waals surface area contributed by atoms with Gasteiger partial charge in [0, 0.05) is 41.7 Å². The number of nitrogens with zero attached hydrogens (tertiary/aromatic N) is 3. The van der Waals surface area contributed by atoms with Gasteiger partial charge in [0.25, 0.3) is 0 Å². The number of aryl methyl sites for hydroxylation is 1. The van der Waals surface area contributed by atoms with E-state index in [4.69, 9.17) is 0 Å². The maximum Gasteiger partial charge on any atom is 0.112 e. The van der Waals surface area contributed by atoms with Gasteiger partial charge in [-0.2, -0.15) is 0 Å². The molecule has 0 radical (unpaired) electrons. The van der Waals surface area contributed by atoms with Gasteiger partial charge in [0.05, 0.1) is 11.2 Å². The van der Waals surface area contributed by atoms with Crippen molar-refractivity contribution in [2.24, 2.45) is 0 Å². The highest BCUT2D eigenvalue weighted by molar-refractivity contribution is 9.10. The topological polar surface area (TPSA) is 41.0 Å². The number of aromatic nitrogens is 2. The van der Waals surface area contributed by atoms with Crippen LogP contribution in [0.4, 0.5) is 11.4 Å². The molecule has 1 N–H and O–H groups in total. The third-order valence-electron chi connectivity index (χ3n) is 4.75. The third-order valence-corrected chi connectivity index (χ3v) is 5.18. The van der Waals surface area contributed by atoms with Crippen LogP contribution in [0, 0.1) is 6.92 Å². The summed E-state index contributed by atoms with van der Waals surface area (Å²) in [5, 5.41) is 3.68. The van der Waals surface area contributed by atoms with E-state index in [9.17, 15) is 0 Å². The van der Waals surface area contributed by atoms with E-state index in [-0.39, 0.29) is 0 Å². The summed E-state index contributed by atoms with van der Waals surface area (Å²) in [6, 6.07) is 13.2. The molecule has 2 aromatic heterocycles. The number of piperidine rings is 1. The smallest absolute Gasteiger partial charge is 0.112 e. The first-order chi connectivity index (χ1) is 12.2. The Balaban J connectivity index is 1.47. The Morgan fingerprint density at radius 2 is 1.96 bits per heavy atom. The molecule has 128 valence electrons. The van der Waals surface area contributed by atoms with Gasteiger partial charge in [-0.15, -0.1) is 0 Å². The Labute approximate surface area is 156 Å². The molecule has 0 atom stereocenters. The fourth-order valence-electron chi connectivity index (χ4n) is 3.48. The van der Waals surface area contributed by atoms with Crippen molar-refractivity contribution >= 4 is 38.3 Å². The molecule has 1 aliphatic rings. The summed E-state index contributed by atoms with van der Waals surface area (Å²) >= 11 is 3.47. The number of fused-ring (bicyclic) bond motifs is 1. The second kappa shape index (κ2) is 7.00. The number of hydrogen-bond acceptors (Lipinski definition) is 4. The summed E-state index contributed by atoms with van der Waals surface area (Å²) in [6.45, 7) is 4.19. The number of benzene rings is 1. The summed E-state index contributed by atoms with van der Waals surface area (Å²) in [4.78, 5) is 11.5. The first-order valence-corrected chi connectivity index (χ1v) is 9.47. The molecule has 1 saturated heterocycles. The highest BCUT2D eigenvalue weighted by Crippen LogP contribution is 2.28. The molecular formula is C20H21BrN4. The van der Waals surface area contributed by atoms with Crippen molar-refractivity contribution in [2.75, 3.05) is 23.3 Å². The summed E-state index contributed by atoms with van der Waals surface area (Å²) in [5.74, 6) is 0. The molecule has 1 aliphatic heterocycles. The normalized spacial score (nSPS) is 15.5. The molecule has 0 aliphatic carbocycles. The SMILES string of the molecule is Cc1cccc(NC2CCN(c3ccnc4cc(Br)cnc34)CC2)c1. The Kier molecular flexibility index (Phi) is 4.57. The lowest BCUT2D eigenvalue weighted by molar-refractivity contribution is 0.527. The van der Waals surface area contributed by atoms with Crippen molar-refractivity contribution in [3.8, 4) is 0 Å². The number of anilines is 2. The lowest BCUT2D eigenvalue weighted by Crippen LogP contribution is -2.39. The summed E-state index contributed by atoms with van der Waals surface area (Å²) in [5.41, 5.74) is 5.62. The van der Waals surface area contributed by atoms with Gasteiger partial charge in [-0.05, 0) is 65.5 Å². The van der Waals surface area contributed by atoms with Crippen LogP contribution < -0.4 is 10.2 Å². The average Bonchev–Trinajstić information content (AvgIpc) is 2.62. The number of halogens is 1. The minimum atomic E-state index is 0.522. The lowest BCUT2D eigenvalue weighted by atomic mass is 10.0. The minimum absolute atomic E-state index is 0.522. The van der Waals surface area contributed by atoms with E-state index in [1.165, 1.54) is 16.9 Å². The second-order valence-corrected chi connectivity index (χ2v) is 7.54. The van der Waals surface area contributed by atoms with Crippen LogP contribution >= 0.6 is 15.9 Å². The van der Waals surface area contributed by atoms with E-state index < -0.39 is 0 Å². The average molecular weight is 397 g/mol. The Bertz CT molecular complexity index is 888. The first-order valence-electron chi connectivity index (χ1n) is 8.67. The van der Waals surface area contributed by atoms with Crippen LogP contribution in [0.1, 0.15) is 18.4 Å². The first kappa shape index (κ1) is 16.3. The molecule has 0 bridgehead atoms. The van der Waals surface area contributed by atoms with Gasteiger partial charge in [-0.3, -0.25) is 9.97 Å². The highest BCUT2D eigenvalue weighted by Gasteiger charge is 2.21. The van der Waals surface area contributed by atoms with E-state index in [0.717, 1.165) is 41.4 Å². The molecule has 4 rings (SSSR count). The van der Waals surface area contributed by atoms with Gasteiger partial charge in [0.15, 0.2) is 0 Å². The van der Waals surface area contributed by atoms with Gasteiger partial charge in [-0.1, -0.05) is 12.1 Å². The molecule has 0 unspecified atom stereocenters. The van der Waals surface area contributed by atoms with E-state index in [0.29, 0.717) is 6.04 Å². The predicted octanol–water partition coefficient (Wildman–Crippen LogP) is 4.78. The van der Waals surface area contributed by atoms with Gasteiger partial charge in [-0.25, -0.2) is 0 Å². The monoisotopic (exact) mass is 396 g/mol. The molecule has 25 heavy (non-hydrogen) atoms. The van der Waals surface area contributed by atoms with Gasteiger partial charge in [0.1, 0.15) is 5.52 Å². The van der Waals surface area contributed by atoms with Gasteiger partial charge in [0.2, 0.25) is 0 Å². The van der Waals surface area contributed by atoms with Crippen LogP contribution in [0.5, 0.6) is 0 Å². The van der Waals surface area contributed by atoms with Crippen molar-refractivity contribution in [1.82, 2.24) is 9.97 Å². The molecule has 0 spiro atoms. The quantitative estimate of drug-likeness (QED) is 0.691. The van der Waals surface area contributed by atoms with Crippen LogP contribution in [-0.2, 0) is 0 Å². The van der Waals surface area contributed by atoms with Crippen LogP contribution in [0.15, 0.2) is 53.3 Å². The van der Waals surface area contributed by atoms with E-state index in [1.807, 2.05) is 18.5 Å². The summed E-state index contributed by atoms with van der Waals surface area (Å²) < 4.78 is 0.964. The number of pyridine rings is 2. The van der Waals surface area contributed by atoms with Crippen molar-refractivity contribution in [2.45, 2.75) is 25.8 Å². The van der Waals surface area contributed by atoms with Crippen molar-refractivity contribution in [3.05, 3.63) is 58.8 Å². The molecule has 3 heterocycles. The molecular weight excluding hydrogens is 376 g/mol. The second-order valence-electron chi connectivity index (χ2n) is 6.63. The highest BCUT2D eigenvalue weighted by atomic mass is 79.9. The number of rotatable bonds is 3. The van der Waals surface area contributed by atoms with Crippen LogP contribution in [0.25, 0.3) is 11.0 Å². The number of hydrogen-bond donors (Lipinski definition) is 1. The zero-order chi connectivity index (χ0) is 17.2. The predicted molar refractivity (Wildman–Crippen MR) is 107 cm³/mol. The van der Waals surface area contributed by atoms with Gasteiger partial charge < -0.3 is 10.2 Å². The minimum Gasteiger partial charge on any atom is -0.382 e. The molecule has 3 aromatic rings. The summed E-state index contributed by atoms with van der Waals surface area (Å²) in [7, 11) is 0. The molecule has 4 nitrogen and oxygen atoms in total. The van der Waals surface area contributed by atoms with Crippen molar-refractivity contribution in [3.63, 3.8) is 0 Å². The molecule has 1 aromatic carbocycles. The van der Waals surface area contributed by atoms with Crippen molar-refractivity contribution < 1.29 is 0 Å². The fourth-order valence-corrected chi connectivity index (χ4v) is 3.80. The molecule has 0 amide bonds. The zero-order valence-electron chi connectivity index (χ0n) is 14.2. The molecule has 0 saturated carbocycles. The maximum atomic E-state index is 4.59. The number of nitrogens with one attached hydrogen (secondary N) is 1.